The Morgan fingerprint density at radius 3 is 2.76 bits per heavy atom. The number of aromatic nitrogens is 3. The number of hydrogen-bond donors (Lipinski definition) is 0. The number of carbonyl (C=O) groups is 1. The van der Waals surface area contributed by atoms with Crippen LogP contribution < -0.4 is 11.2 Å². The Hall–Kier alpha value is -2.11. The molecule has 21 heavy (non-hydrogen) atoms. The number of fused-ring (bicyclic) bond motifs is 1. The number of nitrogens with zero attached hydrogens (tertiary/aromatic N) is 3. The first-order valence-corrected chi connectivity index (χ1v) is 6.34. The highest BCUT2D eigenvalue weighted by molar-refractivity contribution is 5.79. The Kier molecular flexibility index (Phi) is 2.11. The highest BCUT2D eigenvalue weighted by Crippen LogP contribution is 2.13. The van der Waals surface area contributed by atoms with E-state index in [2.05, 4.69) is 0 Å². The van der Waals surface area contributed by atoms with Crippen LogP contribution in [0.4, 0.5) is 0 Å². The van der Waals surface area contributed by atoms with E-state index in [1.165, 1.54) is 24.9 Å². The van der Waals surface area contributed by atoms with Gasteiger partial charge >= 0.3 is 5.69 Å². The molecule has 0 radical (unpaired) electrons. The van der Waals surface area contributed by atoms with E-state index >= 15 is 0 Å². The van der Waals surface area contributed by atoms with Crippen molar-refractivity contribution in [3.8, 4) is 0 Å². The number of aryl methyl sites for hydroxylation is 3. The van der Waals surface area contributed by atoms with Crippen molar-refractivity contribution in [1.82, 2.24) is 13.7 Å². The van der Waals surface area contributed by atoms with E-state index in [4.69, 9.17) is 11.0 Å². The van der Waals surface area contributed by atoms with Crippen molar-refractivity contribution in [3.05, 3.63) is 32.6 Å². The van der Waals surface area contributed by atoms with Gasteiger partial charge in [-0.05, 0) is 32.1 Å². The average Bonchev–Trinajstić information content (AvgIpc) is 2.92. The Balaban J connectivity index is 2.47. The molecule has 0 amide bonds. The molecule has 0 saturated carbocycles. The number of hydrogen-bond acceptors (Lipinski definition) is 3. The fourth-order valence-corrected chi connectivity index (χ4v) is 2.36. The maximum Gasteiger partial charge on any atom is 0.332 e. The minimum Gasteiger partial charge on any atom is -0.336 e. The van der Waals surface area contributed by atoms with Gasteiger partial charge in [-0.3, -0.25) is 13.9 Å². The van der Waals surface area contributed by atoms with Gasteiger partial charge in [0.15, 0.2) is 0 Å². The molecule has 2 aromatic rings. The summed E-state index contributed by atoms with van der Waals surface area (Å²) in [5.41, 5.74) is -1.64. The third kappa shape index (κ3) is 2.70. The van der Waals surface area contributed by atoms with Crippen molar-refractivity contribution in [2.24, 2.45) is 14.1 Å². The summed E-state index contributed by atoms with van der Waals surface area (Å²) in [5.74, 6) is -1.55. The Bertz CT molecular complexity index is 1070. The molecule has 6 nitrogen and oxygen atoms in total. The van der Waals surface area contributed by atoms with Crippen LogP contribution in [0.2, 0.25) is 0 Å². The zero-order valence-corrected chi connectivity index (χ0v) is 11.8. The third-order valence-electron chi connectivity index (χ3n) is 3.29. The minimum absolute atomic E-state index is 0.135. The van der Waals surface area contributed by atoms with Crippen LogP contribution in [-0.4, -0.2) is 19.5 Å². The number of rotatable bonds is 5. The zero-order valence-electron chi connectivity index (χ0n) is 19.8. The van der Waals surface area contributed by atoms with Gasteiger partial charge in [-0.15, -0.1) is 0 Å². The second-order valence-electron chi connectivity index (χ2n) is 4.76. The molecule has 0 aliphatic carbocycles. The van der Waals surface area contributed by atoms with Gasteiger partial charge in [-0.1, -0.05) is 0 Å². The fourth-order valence-electron chi connectivity index (χ4n) is 2.36. The van der Waals surface area contributed by atoms with Gasteiger partial charge in [0.25, 0.3) is 5.56 Å². The Morgan fingerprint density at radius 1 is 1.33 bits per heavy atom. The standard InChI is InChI=1S/C15H21N3O3/c1-10-9-16(3)13-12(10)14(20)18(15(21)17(13)4)8-6-5-7-11(2)19/h9H,5-8H2,1-4H3/i1D3,2D3,7D2. The summed E-state index contributed by atoms with van der Waals surface area (Å²) in [4.78, 5) is 37.2. The third-order valence-corrected chi connectivity index (χ3v) is 3.29. The lowest BCUT2D eigenvalue weighted by atomic mass is 10.2. The first-order chi connectivity index (χ1) is 13.0. The van der Waals surface area contributed by atoms with Crippen LogP contribution >= 0.6 is 0 Å². The smallest absolute Gasteiger partial charge is 0.332 e. The van der Waals surface area contributed by atoms with Crippen LogP contribution in [0, 0.1) is 6.85 Å². The minimum atomic E-state index is -3.10. The summed E-state index contributed by atoms with van der Waals surface area (Å²) in [5, 5.41) is -0.142. The van der Waals surface area contributed by atoms with Crippen molar-refractivity contribution >= 4 is 16.8 Å². The molecular formula is C15H21N3O3. The predicted octanol–water partition coefficient (Wildman–Crippen LogP) is 1.11. The molecule has 0 N–H and O–H groups in total. The predicted molar refractivity (Wildman–Crippen MR) is 81.7 cm³/mol. The normalized spacial score (nSPS) is 18.8. The number of carbonyl (C=O) groups excluding carboxylic acids is 1. The quantitative estimate of drug-likeness (QED) is 0.830. The number of ketones is 1. The summed E-state index contributed by atoms with van der Waals surface area (Å²) in [6.45, 7) is -5.99. The number of Topliss-reactive ketones (excluding diaryl/α,β-unsaturated/α-hetero) is 1. The molecule has 2 heterocycles. The Morgan fingerprint density at radius 2 is 2.10 bits per heavy atom. The van der Waals surface area contributed by atoms with Gasteiger partial charge in [-0.25, -0.2) is 4.79 Å². The van der Waals surface area contributed by atoms with Gasteiger partial charge in [0.05, 0.1) is 5.39 Å². The maximum absolute atomic E-state index is 12.9. The average molecular weight is 299 g/mol. The van der Waals surface area contributed by atoms with E-state index in [0.29, 0.717) is 0 Å². The van der Waals surface area contributed by atoms with Crippen molar-refractivity contribution < 1.29 is 15.8 Å². The fraction of sp³-hybridized carbons (Fsp3) is 0.533. The molecule has 2 rings (SSSR count). The van der Waals surface area contributed by atoms with Crippen molar-refractivity contribution in [1.29, 1.82) is 0 Å². The monoisotopic (exact) mass is 299 g/mol. The molecule has 6 heteroatoms. The van der Waals surface area contributed by atoms with Gasteiger partial charge in [-0.2, -0.15) is 0 Å². The van der Waals surface area contributed by atoms with Crippen LogP contribution in [-0.2, 0) is 25.4 Å². The molecule has 0 spiro atoms. The SMILES string of the molecule is [2H]C([2H])([2H])C(=O)C([2H])([2H])CCCn1c(=O)c2c(C([2H])([2H])[2H])cn(C)c2n(C)c1=O. The van der Waals surface area contributed by atoms with Gasteiger partial charge < -0.3 is 9.36 Å². The molecule has 114 valence electrons. The van der Waals surface area contributed by atoms with Crippen LogP contribution in [0.5, 0.6) is 0 Å². The first-order valence-electron chi connectivity index (χ1n) is 10.3. The lowest BCUT2D eigenvalue weighted by Gasteiger charge is -2.09. The largest absolute Gasteiger partial charge is 0.336 e. The summed E-state index contributed by atoms with van der Waals surface area (Å²) < 4.78 is 62.6. The summed E-state index contributed by atoms with van der Waals surface area (Å²) in [6.07, 6.45) is -2.08. The highest BCUT2D eigenvalue weighted by Gasteiger charge is 2.15. The topological polar surface area (TPSA) is 66.0 Å². The van der Waals surface area contributed by atoms with Gasteiger partial charge in [0.1, 0.15) is 11.4 Å². The molecular weight excluding hydrogens is 270 g/mol. The van der Waals surface area contributed by atoms with Crippen molar-refractivity contribution in [2.45, 2.75) is 39.5 Å². The van der Waals surface area contributed by atoms with E-state index in [1.54, 1.807) is 0 Å². The van der Waals surface area contributed by atoms with Crippen LogP contribution in [0.25, 0.3) is 11.0 Å². The van der Waals surface area contributed by atoms with Crippen LogP contribution in [0.1, 0.15) is 42.6 Å². The Labute approximate surface area is 133 Å². The van der Waals surface area contributed by atoms with Crippen LogP contribution in [0.3, 0.4) is 0 Å². The van der Waals surface area contributed by atoms with Gasteiger partial charge in [0, 0.05) is 44.2 Å². The first kappa shape index (κ1) is 7.77. The molecule has 0 unspecified atom stereocenters. The van der Waals surface area contributed by atoms with E-state index in [9.17, 15) is 14.4 Å². The summed E-state index contributed by atoms with van der Waals surface area (Å²) in [6, 6.07) is 0. The second kappa shape index (κ2) is 5.71. The molecule has 0 atom stereocenters. The highest BCUT2D eigenvalue weighted by atomic mass is 16.2. The molecule has 2 aromatic heterocycles. The van der Waals surface area contributed by atoms with E-state index < -0.39 is 43.5 Å². The molecule has 0 bridgehead atoms. The maximum atomic E-state index is 12.9. The van der Waals surface area contributed by atoms with Gasteiger partial charge in [0.2, 0.25) is 0 Å². The van der Waals surface area contributed by atoms with E-state index in [-0.39, 0.29) is 29.6 Å². The molecule has 0 aromatic carbocycles. The lowest BCUT2D eigenvalue weighted by molar-refractivity contribution is -0.117. The van der Waals surface area contributed by atoms with E-state index in [0.717, 1.165) is 9.13 Å². The van der Waals surface area contributed by atoms with Crippen LogP contribution in [0.15, 0.2) is 15.8 Å². The summed E-state index contributed by atoms with van der Waals surface area (Å²) in [7, 11) is 2.89. The lowest BCUT2D eigenvalue weighted by Crippen LogP contribution is -2.39. The van der Waals surface area contributed by atoms with E-state index in [1.807, 2.05) is 0 Å². The molecule has 0 aliphatic rings. The second-order valence-corrected chi connectivity index (χ2v) is 4.76. The molecule has 0 aliphatic heterocycles. The zero-order chi connectivity index (χ0) is 22.5. The molecule has 0 saturated heterocycles. The summed E-state index contributed by atoms with van der Waals surface area (Å²) >= 11 is 0. The van der Waals surface area contributed by atoms with Crippen molar-refractivity contribution in [2.75, 3.05) is 0 Å². The molecule has 0 fully saturated rings. The van der Waals surface area contributed by atoms with Crippen molar-refractivity contribution in [3.63, 3.8) is 0 Å².